The first-order chi connectivity index (χ1) is 9.49. The summed E-state index contributed by atoms with van der Waals surface area (Å²) in [5.74, 6) is -0.781. The molecule has 1 heterocycles. The van der Waals surface area contributed by atoms with Gasteiger partial charge in [-0.3, -0.25) is 0 Å². The van der Waals surface area contributed by atoms with Gasteiger partial charge in [-0.15, -0.1) is 0 Å². The van der Waals surface area contributed by atoms with Crippen LogP contribution in [0.25, 0.3) is 0 Å². The Balaban J connectivity index is 2.21. The lowest BCUT2D eigenvalue weighted by Crippen LogP contribution is -2.47. The van der Waals surface area contributed by atoms with E-state index in [9.17, 15) is 9.59 Å². The molecule has 6 nitrogen and oxygen atoms in total. The van der Waals surface area contributed by atoms with Crippen LogP contribution < -0.4 is 10.6 Å². The summed E-state index contributed by atoms with van der Waals surface area (Å²) in [6, 6.07) is -1.25. The average molecular weight is 286 g/mol. The molecule has 0 saturated carbocycles. The second-order valence-electron chi connectivity index (χ2n) is 5.70. The van der Waals surface area contributed by atoms with Gasteiger partial charge in [-0.25, -0.2) is 9.59 Å². The molecule has 0 aromatic heterocycles. The smallest absolute Gasteiger partial charge is 0.326 e. The molecule has 1 rings (SSSR count). The summed E-state index contributed by atoms with van der Waals surface area (Å²) in [5, 5.41) is 14.2. The van der Waals surface area contributed by atoms with Crippen molar-refractivity contribution >= 4 is 12.0 Å². The first kappa shape index (κ1) is 16.8. The van der Waals surface area contributed by atoms with Crippen molar-refractivity contribution in [2.24, 2.45) is 5.92 Å². The molecule has 0 radical (unpaired) electrons. The van der Waals surface area contributed by atoms with Crippen molar-refractivity contribution in [2.45, 2.75) is 58.1 Å². The predicted molar refractivity (Wildman–Crippen MR) is 75.6 cm³/mol. The van der Waals surface area contributed by atoms with Gasteiger partial charge in [0.1, 0.15) is 6.04 Å². The molecule has 2 atom stereocenters. The molecule has 6 heteroatoms. The normalized spacial score (nSPS) is 20.4. The van der Waals surface area contributed by atoms with Gasteiger partial charge in [-0.05, 0) is 38.0 Å². The lowest BCUT2D eigenvalue weighted by atomic mass is 10.0. The molecule has 2 unspecified atom stereocenters. The molecule has 0 aromatic rings. The number of nitrogens with one attached hydrogen (secondary N) is 2. The van der Waals surface area contributed by atoms with Crippen molar-refractivity contribution in [1.82, 2.24) is 10.6 Å². The van der Waals surface area contributed by atoms with E-state index in [2.05, 4.69) is 10.6 Å². The minimum Gasteiger partial charge on any atom is -0.480 e. The van der Waals surface area contributed by atoms with Crippen LogP contribution in [0.15, 0.2) is 0 Å². The van der Waals surface area contributed by atoms with Gasteiger partial charge in [-0.1, -0.05) is 13.8 Å². The van der Waals surface area contributed by atoms with E-state index < -0.39 is 18.0 Å². The van der Waals surface area contributed by atoms with E-state index in [1.54, 1.807) is 0 Å². The van der Waals surface area contributed by atoms with Gasteiger partial charge in [0.05, 0.1) is 6.10 Å². The second kappa shape index (κ2) is 8.79. The lowest BCUT2D eigenvalue weighted by molar-refractivity contribution is -0.139. The Morgan fingerprint density at radius 3 is 2.65 bits per heavy atom. The summed E-state index contributed by atoms with van der Waals surface area (Å²) < 4.78 is 5.57. The Kier molecular flexibility index (Phi) is 7.36. The first-order valence-corrected chi connectivity index (χ1v) is 7.37. The van der Waals surface area contributed by atoms with Crippen molar-refractivity contribution in [3.63, 3.8) is 0 Å². The summed E-state index contributed by atoms with van der Waals surface area (Å²) >= 11 is 0. The van der Waals surface area contributed by atoms with Gasteiger partial charge in [0.2, 0.25) is 0 Å². The number of hydrogen-bond donors (Lipinski definition) is 3. The van der Waals surface area contributed by atoms with Crippen LogP contribution in [0.5, 0.6) is 0 Å². The van der Waals surface area contributed by atoms with Crippen LogP contribution >= 0.6 is 0 Å². The lowest BCUT2D eigenvalue weighted by Gasteiger charge is -2.23. The van der Waals surface area contributed by atoms with Gasteiger partial charge < -0.3 is 20.5 Å². The SMILES string of the molecule is CC(C)CC(NC(=O)NCCC1CCCCO1)C(=O)O. The quantitative estimate of drug-likeness (QED) is 0.665. The average Bonchev–Trinajstić information content (AvgIpc) is 2.38. The van der Waals surface area contributed by atoms with Gasteiger partial charge in [0.25, 0.3) is 0 Å². The molecule has 0 aromatic carbocycles. The Bertz CT molecular complexity index is 314. The minimum absolute atomic E-state index is 0.215. The van der Waals surface area contributed by atoms with E-state index in [1.807, 2.05) is 13.8 Å². The van der Waals surface area contributed by atoms with Gasteiger partial charge in [-0.2, -0.15) is 0 Å². The summed E-state index contributed by atoms with van der Waals surface area (Å²) in [4.78, 5) is 22.7. The third-order valence-electron chi connectivity index (χ3n) is 3.34. The Labute approximate surface area is 120 Å². The van der Waals surface area contributed by atoms with Crippen LogP contribution in [0, 0.1) is 5.92 Å². The van der Waals surface area contributed by atoms with Crippen LogP contribution in [-0.2, 0) is 9.53 Å². The number of carboxylic acids is 1. The summed E-state index contributed by atoms with van der Waals surface area (Å²) in [7, 11) is 0. The molecule has 1 aliphatic rings. The highest BCUT2D eigenvalue weighted by Crippen LogP contribution is 2.14. The summed E-state index contributed by atoms with van der Waals surface area (Å²) in [5.41, 5.74) is 0. The number of rotatable bonds is 7. The second-order valence-corrected chi connectivity index (χ2v) is 5.70. The fourth-order valence-corrected chi connectivity index (χ4v) is 2.28. The van der Waals surface area contributed by atoms with E-state index in [4.69, 9.17) is 9.84 Å². The molecule has 1 aliphatic heterocycles. The zero-order valence-corrected chi connectivity index (χ0v) is 12.4. The molecule has 3 N–H and O–H groups in total. The third kappa shape index (κ3) is 6.75. The third-order valence-corrected chi connectivity index (χ3v) is 3.34. The van der Waals surface area contributed by atoms with E-state index in [1.165, 1.54) is 6.42 Å². The van der Waals surface area contributed by atoms with Crippen molar-refractivity contribution < 1.29 is 19.4 Å². The molecular formula is C14H26N2O4. The van der Waals surface area contributed by atoms with Crippen molar-refractivity contribution in [1.29, 1.82) is 0 Å². The molecule has 1 fully saturated rings. The Morgan fingerprint density at radius 1 is 1.35 bits per heavy atom. The van der Waals surface area contributed by atoms with Gasteiger partial charge in [0.15, 0.2) is 0 Å². The van der Waals surface area contributed by atoms with Crippen molar-refractivity contribution in [3.8, 4) is 0 Å². The van der Waals surface area contributed by atoms with Crippen LogP contribution in [-0.4, -0.2) is 42.4 Å². The van der Waals surface area contributed by atoms with E-state index >= 15 is 0 Å². The maximum Gasteiger partial charge on any atom is 0.326 e. The van der Waals surface area contributed by atoms with Crippen LogP contribution in [0.1, 0.15) is 46.0 Å². The van der Waals surface area contributed by atoms with Crippen LogP contribution in [0.4, 0.5) is 4.79 Å². The predicted octanol–water partition coefficient (Wildman–Crippen LogP) is 1.74. The van der Waals surface area contributed by atoms with Crippen molar-refractivity contribution in [3.05, 3.63) is 0 Å². The highest BCUT2D eigenvalue weighted by Gasteiger charge is 2.21. The molecule has 0 aliphatic carbocycles. The zero-order chi connectivity index (χ0) is 15.0. The number of carboxylic acid groups (broad SMARTS) is 1. The number of carbonyl (C=O) groups excluding carboxylic acids is 1. The van der Waals surface area contributed by atoms with E-state index in [0.717, 1.165) is 25.9 Å². The molecule has 0 bridgehead atoms. The van der Waals surface area contributed by atoms with Gasteiger partial charge in [0, 0.05) is 13.2 Å². The summed E-state index contributed by atoms with van der Waals surface area (Å²) in [6.07, 6.45) is 4.74. The summed E-state index contributed by atoms with van der Waals surface area (Å²) in [6.45, 7) is 5.16. The van der Waals surface area contributed by atoms with Gasteiger partial charge >= 0.3 is 12.0 Å². The number of ether oxygens (including phenoxy) is 1. The van der Waals surface area contributed by atoms with E-state index in [0.29, 0.717) is 13.0 Å². The van der Waals surface area contributed by atoms with Crippen LogP contribution in [0.2, 0.25) is 0 Å². The molecule has 116 valence electrons. The highest BCUT2D eigenvalue weighted by molar-refractivity contribution is 5.82. The number of aliphatic carboxylic acids is 1. The minimum atomic E-state index is -0.996. The maximum atomic E-state index is 11.7. The number of urea groups is 1. The Hall–Kier alpha value is -1.30. The Morgan fingerprint density at radius 2 is 2.10 bits per heavy atom. The number of hydrogen-bond acceptors (Lipinski definition) is 3. The fourth-order valence-electron chi connectivity index (χ4n) is 2.28. The van der Waals surface area contributed by atoms with Crippen molar-refractivity contribution in [2.75, 3.05) is 13.2 Å². The topological polar surface area (TPSA) is 87.7 Å². The molecular weight excluding hydrogens is 260 g/mol. The highest BCUT2D eigenvalue weighted by atomic mass is 16.5. The first-order valence-electron chi connectivity index (χ1n) is 7.37. The number of amides is 2. The molecule has 1 saturated heterocycles. The fraction of sp³-hybridized carbons (Fsp3) is 0.857. The van der Waals surface area contributed by atoms with Crippen LogP contribution in [0.3, 0.4) is 0 Å². The zero-order valence-electron chi connectivity index (χ0n) is 12.4. The molecule has 20 heavy (non-hydrogen) atoms. The monoisotopic (exact) mass is 286 g/mol. The standard InChI is InChI=1S/C14H26N2O4/c1-10(2)9-12(13(17)18)16-14(19)15-7-6-11-5-3-4-8-20-11/h10-12H,3-9H2,1-2H3,(H,17,18)(H2,15,16,19). The molecule has 2 amide bonds. The molecule has 0 spiro atoms. The largest absolute Gasteiger partial charge is 0.480 e. The van der Waals surface area contributed by atoms with E-state index in [-0.39, 0.29) is 12.0 Å². The number of carbonyl (C=O) groups is 2. The maximum absolute atomic E-state index is 11.7.